The summed E-state index contributed by atoms with van der Waals surface area (Å²) in [7, 11) is 0. The van der Waals surface area contributed by atoms with Gasteiger partial charge in [-0.05, 0) is 61.7 Å². The molecule has 2 aromatic rings. The Morgan fingerprint density at radius 3 is 2.79 bits per heavy atom. The molecule has 11 heteroatoms. The van der Waals surface area contributed by atoms with Crippen molar-refractivity contribution in [1.29, 1.82) is 0 Å². The number of rotatable bonds is 8. The number of nitrogen functional groups attached to an aromatic ring is 1. The minimum absolute atomic E-state index is 0.285. The Labute approximate surface area is 247 Å². The highest BCUT2D eigenvalue weighted by Crippen LogP contribution is 2.58. The summed E-state index contributed by atoms with van der Waals surface area (Å²) in [6.07, 6.45) is 9.67. The summed E-state index contributed by atoms with van der Waals surface area (Å²) in [4.78, 5) is 19.9. The molecule has 1 aliphatic heterocycles. The highest BCUT2D eigenvalue weighted by molar-refractivity contribution is 5.79. The van der Waals surface area contributed by atoms with Crippen molar-refractivity contribution < 1.29 is 29.0 Å². The maximum atomic E-state index is 11.0. The van der Waals surface area contributed by atoms with Crippen LogP contribution in [0.4, 0.5) is 10.6 Å². The number of nitrogens with zero attached hydrogens (tertiary/aromatic N) is 4. The summed E-state index contributed by atoms with van der Waals surface area (Å²) in [5.41, 5.74) is 16.0. The second kappa shape index (κ2) is 11.6. The molecule has 0 unspecified atom stereocenters. The summed E-state index contributed by atoms with van der Waals surface area (Å²) in [6, 6.07) is 0. The van der Waals surface area contributed by atoms with E-state index >= 15 is 0 Å². The Bertz CT molecular complexity index is 1390. The van der Waals surface area contributed by atoms with Crippen molar-refractivity contribution >= 4 is 23.1 Å². The van der Waals surface area contributed by atoms with Crippen molar-refractivity contribution in [3.63, 3.8) is 0 Å². The molecule has 5 rings (SSSR count). The average Bonchev–Trinajstić information content (AvgIpc) is 3.49. The van der Waals surface area contributed by atoms with Gasteiger partial charge in [0.2, 0.25) is 12.0 Å². The van der Waals surface area contributed by atoms with Gasteiger partial charge in [-0.3, -0.25) is 4.57 Å². The van der Waals surface area contributed by atoms with Gasteiger partial charge in [-0.15, -0.1) is 0 Å². The van der Waals surface area contributed by atoms with Gasteiger partial charge in [0.15, 0.2) is 11.7 Å². The molecule has 0 spiro atoms. The normalized spacial score (nSPS) is 32.9. The van der Waals surface area contributed by atoms with E-state index in [0.29, 0.717) is 46.2 Å². The van der Waals surface area contributed by atoms with E-state index in [1.807, 2.05) is 4.57 Å². The Balaban J connectivity index is 1.26. The van der Waals surface area contributed by atoms with Crippen LogP contribution in [0.1, 0.15) is 79.4 Å². The Kier molecular flexibility index (Phi) is 8.39. The third-order valence-corrected chi connectivity index (χ3v) is 10.4. The summed E-state index contributed by atoms with van der Waals surface area (Å²) < 4.78 is 13.9. The lowest BCUT2D eigenvalue weighted by Gasteiger charge is -2.53. The lowest BCUT2D eigenvalue weighted by Crippen LogP contribution is -2.43. The first-order valence-corrected chi connectivity index (χ1v) is 15.1. The molecule has 2 fully saturated rings. The van der Waals surface area contributed by atoms with E-state index in [1.165, 1.54) is 42.2 Å². The van der Waals surface area contributed by atoms with Crippen LogP contribution in [-0.2, 0) is 16.0 Å². The third-order valence-electron chi connectivity index (χ3n) is 10.4. The number of aliphatic hydroxyl groups is 2. The molecular formula is C31H47N6O5+. The molecule has 3 heterocycles. The first kappa shape index (κ1) is 30.4. The first-order valence-electron chi connectivity index (χ1n) is 15.1. The SMILES string of the molecule is C/C(=C\C[n+]1cnc2c(ncn2[C@@H]2O[C@H](COC(N)=O)[C@@H](O)[C@H]2O)c1N)CC[C@@]1(C)[C@@H]2CCCC(C)(C)C2=CC[C@@H]1C. The summed E-state index contributed by atoms with van der Waals surface area (Å²) in [5, 5.41) is 21.0. The number of primary amides is 1. The fourth-order valence-corrected chi connectivity index (χ4v) is 7.36. The van der Waals surface area contributed by atoms with Crippen LogP contribution < -0.4 is 16.0 Å². The number of fused-ring (bicyclic) bond motifs is 2. The number of allylic oxidation sites excluding steroid dienone is 4. The average molecular weight is 584 g/mol. The van der Waals surface area contributed by atoms with Gasteiger partial charge in [0.25, 0.3) is 5.82 Å². The molecule has 2 aliphatic carbocycles. The van der Waals surface area contributed by atoms with Crippen molar-refractivity contribution in [2.75, 3.05) is 12.3 Å². The minimum atomic E-state index is -1.29. The molecule has 42 heavy (non-hydrogen) atoms. The molecule has 0 radical (unpaired) electrons. The molecule has 0 bridgehead atoms. The second-order valence-corrected chi connectivity index (χ2v) is 13.5. The molecule has 0 aromatic carbocycles. The van der Waals surface area contributed by atoms with E-state index in [0.717, 1.165) is 12.8 Å². The van der Waals surface area contributed by atoms with Crippen molar-refractivity contribution in [3.8, 4) is 0 Å². The van der Waals surface area contributed by atoms with E-state index in [-0.39, 0.29) is 6.61 Å². The molecule has 1 saturated heterocycles. The van der Waals surface area contributed by atoms with Crippen LogP contribution >= 0.6 is 0 Å². The fraction of sp³-hybridized carbons (Fsp3) is 0.677. The maximum absolute atomic E-state index is 11.0. The molecular weight excluding hydrogens is 536 g/mol. The van der Waals surface area contributed by atoms with E-state index < -0.39 is 30.6 Å². The van der Waals surface area contributed by atoms with E-state index in [2.05, 4.69) is 56.7 Å². The van der Waals surface area contributed by atoms with Crippen LogP contribution in [0.2, 0.25) is 0 Å². The Morgan fingerprint density at radius 1 is 1.29 bits per heavy atom. The highest BCUT2D eigenvalue weighted by Gasteiger charge is 2.48. The zero-order chi connectivity index (χ0) is 30.4. The Hall–Kier alpha value is -3.02. The lowest BCUT2D eigenvalue weighted by molar-refractivity contribution is -0.674. The summed E-state index contributed by atoms with van der Waals surface area (Å²) >= 11 is 0. The number of carbonyl (C=O) groups excluding carboxylic acids is 1. The molecule has 1 amide bonds. The third kappa shape index (κ3) is 5.54. The fourth-order valence-electron chi connectivity index (χ4n) is 7.36. The van der Waals surface area contributed by atoms with Gasteiger partial charge in [0.05, 0.1) is 6.54 Å². The number of aromatic nitrogens is 4. The van der Waals surface area contributed by atoms with Crippen LogP contribution in [0.15, 0.2) is 36.0 Å². The van der Waals surface area contributed by atoms with Crippen LogP contribution in [0.5, 0.6) is 0 Å². The number of nitrogens with two attached hydrogens (primary N) is 2. The minimum Gasteiger partial charge on any atom is -0.447 e. The number of aliphatic hydroxyl groups excluding tert-OH is 2. The highest BCUT2D eigenvalue weighted by atomic mass is 16.6. The first-order chi connectivity index (χ1) is 19.8. The number of anilines is 1. The van der Waals surface area contributed by atoms with Crippen molar-refractivity contribution in [2.45, 2.75) is 104 Å². The largest absolute Gasteiger partial charge is 0.447 e. The zero-order valence-corrected chi connectivity index (χ0v) is 25.5. The van der Waals surface area contributed by atoms with Gasteiger partial charge in [-0.1, -0.05) is 62.4 Å². The van der Waals surface area contributed by atoms with Crippen LogP contribution in [0.25, 0.3) is 11.2 Å². The quantitative estimate of drug-likeness (QED) is 0.271. The van der Waals surface area contributed by atoms with Crippen LogP contribution in [-0.4, -0.2) is 55.8 Å². The number of ether oxygens (including phenoxy) is 2. The van der Waals surface area contributed by atoms with Gasteiger partial charge in [-0.25, -0.2) is 14.3 Å². The zero-order valence-electron chi connectivity index (χ0n) is 25.5. The van der Waals surface area contributed by atoms with Crippen molar-refractivity contribution in [2.24, 2.45) is 28.4 Å². The number of imidazole rings is 1. The van der Waals surface area contributed by atoms with Gasteiger partial charge in [0.1, 0.15) is 31.2 Å². The molecule has 2 aromatic heterocycles. The monoisotopic (exact) mass is 583 g/mol. The summed E-state index contributed by atoms with van der Waals surface area (Å²) in [6.45, 7) is 12.3. The van der Waals surface area contributed by atoms with Crippen molar-refractivity contribution in [1.82, 2.24) is 14.5 Å². The summed E-state index contributed by atoms with van der Waals surface area (Å²) in [5.74, 6) is 1.77. The smallest absolute Gasteiger partial charge is 0.404 e. The van der Waals surface area contributed by atoms with E-state index in [1.54, 1.807) is 11.9 Å². The molecule has 11 nitrogen and oxygen atoms in total. The molecule has 6 N–H and O–H groups in total. The maximum Gasteiger partial charge on any atom is 0.404 e. The van der Waals surface area contributed by atoms with Gasteiger partial charge >= 0.3 is 6.09 Å². The molecule has 1 saturated carbocycles. The molecule has 230 valence electrons. The second-order valence-electron chi connectivity index (χ2n) is 13.5. The van der Waals surface area contributed by atoms with Crippen LogP contribution in [0.3, 0.4) is 0 Å². The number of hydrogen-bond acceptors (Lipinski definition) is 8. The molecule has 7 atom stereocenters. The number of carbonyl (C=O) groups is 1. The predicted octanol–water partition coefficient (Wildman–Crippen LogP) is 3.54. The Morgan fingerprint density at radius 2 is 2.05 bits per heavy atom. The van der Waals surface area contributed by atoms with Gasteiger partial charge < -0.3 is 31.2 Å². The van der Waals surface area contributed by atoms with E-state index in [4.69, 9.17) is 20.9 Å². The van der Waals surface area contributed by atoms with Crippen molar-refractivity contribution in [3.05, 3.63) is 36.0 Å². The number of amides is 1. The number of hydrogen-bond donors (Lipinski definition) is 4. The standard InChI is InChI=1S/C31H46N6O5/c1-18(10-13-31(5)19(2)8-9-20-21(31)7-6-12-30(20,3)4)11-14-36-16-35-27-23(26(36)32)34-17-37(27)28-25(39)24(38)22(42-28)15-41-29(33)40/h9,11,16-17,19,21-22,24-25,28,32,38-39H,6-8,10,12-15H2,1-5H3,(H2,33,40)/p+1/b18-11+/t19-,21+,22+,24+,25+,28+,31+/m0/s1. The van der Waals surface area contributed by atoms with Crippen LogP contribution in [0, 0.1) is 22.7 Å². The van der Waals surface area contributed by atoms with Gasteiger partial charge in [-0.2, -0.15) is 0 Å². The molecule has 3 aliphatic rings. The van der Waals surface area contributed by atoms with E-state index in [9.17, 15) is 15.0 Å². The van der Waals surface area contributed by atoms with Gasteiger partial charge in [0, 0.05) is 0 Å². The lowest BCUT2D eigenvalue weighted by atomic mass is 9.52. The predicted molar refractivity (Wildman–Crippen MR) is 158 cm³/mol. The topological polar surface area (TPSA) is 163 Å².